The number of phenols is 1. The Kier molecular flexibility index (Phi) is 8.21. The van der Waals surface area contributed by atoms with Crippen molar-refractivity contribution in [1.29, 1.82) is 0 Å². The molecule has 0 bridgehead atoms. The number of aliphatic carboxylic acids is 1. The van der Waals surface area contributed by atoms with Crippen LogP contribution in [-0.4, -0.2) is 62.7 Å². The average Bonchev–Trinajstić information content (AvgIpc) is 2.66. The Labute approximate surface area is 169 Å². The molecule has 1 aromatic carbocycles. The van der Waals surface area contributed by atoms with Gasteiger partial charge in [-0.2, -0.15) is 0 Å². The van der Waals surface area contributed by atoms with E-state index in [4.69, 9.17) is 9.47 Å². The molecule has 1 heterocycles. The Bertz CT molecular complexity index is 755. The monoisotopic (exact) mass is 408 g/mol. The van der Waals surface area contributed by atoms with Gasteiger partial charge in [-0.1, -0.05) is 32.1 Å². The number of allylic oxidation sites excluding steroid dienone is 3. The van der Waals surface area contributed by atoms with Crippen molar-refractivity contribution >= 4 is 5.97 Å². The lowest BCUT2D eigenvalue weighted by Gasteiger charge is -2.35. The Morgan fingerprint density at radius 2 is 2.00 bits per heavy atom. The van der Waals surface area contributed by atoms with Crippen LogP contribution in [0.25, 0.3) is 0 Å². The van der Waals surface area contributed by atoms with Crippen molar-refractivity contribution in [3.05, 3.63) is 47.6 Å². The van der Waals surface area contributed by atoms with Crippen LogP contribution in [0.3, 0.4) is 0 Å². The molecule has 8 nitrogen and oxygen atoms in total. The van der Waals surface area contributed by atoms with Crippen molar-refractivity contribution in [2.45, 2.75) is 51.3 Å². The lowest BCUT2D eigenvalue weighted by atomic mass is 10.0. The lowest BCUT2D eigenvalue weighted by molar-refractivity contribution is -0.242. The first-order chi connectivity index (χ1) is 13.7. The molecule has 5 N–H and O–H groups in total. The van der Waals surface area contributed by atoms with Crippen molar-refractivity contribution in [1.82, 2.24) is 0 Å². The summed E-state index contributed by atoms with van der Waals surface area (Å²) >= 11 is 0. The Morgan fingerprint density at radius 1 is 1.28 bits per heavy atom. The highest BCUT2D eigenvalue weighted by molar-refractivity contribution is 5.86. The quantitative estimate of drug-likeness (QED) is 0.321. The van der Waals surface area contributed by atoms with Gasteiger partial charge in [0.15, 0.2) is 0 Å². The number of rotatable bonds is 8. The molecule has 4 unspecified atom stereocenters. The third-order valence-electron chi connectivity index (χ3n) is 4.44. The second kappa shape index (κ2) is 10.4. The van der Waals surface area contributed by atoms with Crippen LogP contribution in [0.5, 0.6) is 11.5 Å². The molecule has 160 valence electrons. The van der Waals surface area contributed by atoms with Crippen LogP contribution in [0, 0.1) is 5.92 Å². The maximum absolute atomic E-state index is 11.5. The van der Waals surface area contributed by atoms with Crippen LogP contribution in [0.2, 0.25) is 0 Å². The summed E-state index contributed by atoms with van der Waals surface area (Å²) in [5.41, 5.74) is 0.677. The summed E-state index contributed by atoms with van der Waals surface area (Å²) in [6.45, 7) is 3.78. The smallest absolute Gasteiger partial charge is 0.331 e. The molecule has 0 aliphatic carbocycles. The zero-order valence-corrected chi connectivity index (χ0v) is 16.4. The van der Waals surface area contributed by atoms with Crippen molar-refractivity contribution in [3.8, 4) is 11.5 Å². The summed E-state index contributed by atoms with van der Waals surface area (Å²) in [6, 6.07) is 4.27. The minimum atomic E-state index is -1.47. The summed E-state index contributed by atoms with van der Waals surface area (Å²) in [7, 11) is 0. The summed E-state index contributed by atoms with van der Waals surface area (Å²) < 4.78 is 10.9. The number of carboxylic acid groups (broad SMARTS) is 1. The molecular weight excluding hydrogens is 380 g/mol. The van der Waals surface area contributed by atoms with E-state index in [-0.39, 0.29) is 36.5 Å². The molecule has 8 heteroatoms. The lowest BCUT2D eigenvalue weighted by Crippen LogP contribution is -2.54. The Morgan fingerprint density at radius 3 is 2.66 bits per heavy atom. The molecule has 29 heavy (non-hydrogen) atoms. The zero-order chi connectivity index (χ0) is 21.6. The zero-order valence-electron chi connectivity index (χ0n) is 16.4. The first-order valence-electron chi connectivity index (χ1n) is 9.42. The van der Waals surface area contributed by atoms with Gasteiger partial charge in [0.05, 0.1) is 6.61 Å². The number of aliphatic hydroxyl groups excluding tert-OH is 3. The van der Waals surface area contributed by atoms with E-state index < -0.39 is 30.6 Å². The predicted molar refractivity (Wildman–Crippen MR) is 105 cm³/mol. The van der Waals surface area contributed by atoms with E-state index in [1.165, 1.54) is 24.3 Å². The van der Waals surface area contributed by atoms with Gasteiger partial charge in [-0.25, -0.2) is 4.79 Å². The van der Waals surface area contributed by atoms with Crippen LogP contribution in [-0.2, 0) is 16.0 Å². The maximum Gasteiger partial charge on any atom is 0.331 e. The molecule has 2 rings (SSSR count). The van der Waals surface area contributed by atoms with E-state index in [1.54, 1.807) is 6.08 Å². The highest BCUT2D eigenvalue weighted by atomic mass is 16.7. The molecule has 1 fully saturated rings. The van der Waals surface area contributed by atoms with Gasteiger partial charge in [0.1, 0.15) is 29.8 Å². The number of hydrogen-bond acceptors (Lipinski definition) is 7. The summed E-state index contributed by atoms with van der Waals surface area (Å²) in [6.07, 6.45) is 0.354. The fourth-order valence-electron chi connectivity index (χ4n) is 2.81. The van der Waals surface area contributed by atoms with Crippen LogP contribution >= 0.6 is 0 Å². The van der Waals surface area contributed by atoms with Gasteiger partial charge < -0.3 is 35.0 Å². The Balaban J connectivity index is 2.18. The number of aromatic hydroxyl groups is 1. The van der Waals surface area contributed by atoms with E-state index in [9.17, 15) is 30.3 Å². The van der Waals surface area contributed by atoms with Crippen molar-refractivity contribution in [2.24, 2.45) is 5.92 Å². The molecule has 0 amide bonds. The molecule has 0 radical (unpaired) electrons. The number of aliphatic hydroxyl groups is 3. The minimum Gasteiger partial charge on any atom is -0.508 e. The van der Waals surface area contributed by atoms with Gasteiger partial charge >= 0.3 is 5.97 Å². The van der Waals surface area contributed by atoms with Gasteiger partial charge in [0.2, 0.25) is 6.29 Å². The minimum absolute atomic E-state index is 0.0297. The molecule has 1 aliphatic rings. The third-order valence-corrected chi connectivity index (χ3v) is 4.44. The van der Waals surface area contributed by atoms with Crippen molar-refractivity contribution in [3.63, 3.8) is 0 Å². The number of hydrogen-bond donors (Lipinski definition) is 5. The van der Waals surface area contributed by atoms with Crippen LogP contribution < -0.4 is 4.74 Å². The van der Waals surface area contributed by atoms with E-state index >= 15 is 0 Å². The van der Waals surface area contributed by atoms with E-state index in [1.807, 2.05) is 19.9 Å². The second-order valence-electron chi connectivity index (χ2n) is 7.28. The van der Waals surface area contributed by atoms with E-state index in [0.717, 1.165) is 0 Å². The number of benzene rings is 1. The van der Waals surface area contributed by atoms with Gasteiger partial charge in [-0.15, -0.1) is 0 Å². The first kappa shape index (κ1) is 22.9. The predicted octanol–water partition coefficient (Wildman–Crippen LogP) is 1.37. The largest absolute Gasteiger partial charge is 0.508 e. The number of ether oxygens (including phenoxy) is 2. The van der Waals surface area contributed by atoms with E-state index in [0.29, 0.717) is 11.5 Å². The van der Waals surface area contributed by atoms with Gasteiger partial charge in [-0.05, 0) is 37.0 Å². The van der Waals surface area contributed by atoms with Gasteiger partial charge in [-0.3, -0.25) is 0 Å². The number of carboxylic acids is 1. The van der Waals surface area contributed by atoms with Crippen molar-refractivity contribution in [2.75, 3.05) is 6.61 Å². The van der Waals surface area contributed by atoms with Crippen LogP contribution in [0.4, 0.5) is 0 Å². The summed E-state index contributed by atoms with van der Waals surface area (Å²) in [5.74, 6) is -0.497. The second-order valence-corrected chi connectivity index (χ2v) is 7.28. The van der Waals surface area contributed by atoms with E-state index in [2.05, 4.69) is 0 Å². The summed E-state index contributed by atoms with van der Waals surface area (Å²) in [4.78, 5) is 11.5. The molecule has 0 spiro atoms. The standard InChI is InChI=1S/C21H28O8/c1-12(2)4-3-5-13(20(26)27)6-7-14-10-15(22)8-9-17(14)29-21-19(25)18(24)16(23)11-28-21/h3-4,6,8-10,12,16,18-19,21-25H,5,7,11H2,1-2H3,(H,26,27). The van der Waals surface area contributed by atoms with Crippen LogP contribution in [0.15, 0.2) is 42.0 Å². The number of carbonyl (C=O) groups is 1. The molecule has 1 aromatic rings. The molecular formula is C21H28O8. The highest BCUT2D eigenvalue weighted by Crippen LogP contribution is 2.28. The molecule has 1 saturated heterocycles. The fourth-order valence-corrected chi connectivity index (χ4v) is 2.81. The SMILES string of the molecule is CC(C)C=CCC(=CCc1cc(O)ccc1OC1OCC(O)C(O)C1O)C(=O)O. The van der Waals surface area contributed by atoms with Crippen molar-refractivity contribution < 1.29 is 39.8 Å². The normalized spacial score (nSPS) is 25.5. The molecule has 4 atom stereocenters. The highest BCUT2D eigenvalue weighted by Gasteiger charge is 2.39. The summed E-state index contributed by atoms with van der Waals surface area (Å²) in [5, 5.41) is 48.6. The first-order valence-corrected chi connectivity index (χ1v) is 9.42. The Hall–Kier alpha value is -2.39. The fraction of sp³-hybridized carbons (Fsp3) is 0.476. The third kappa shape index (κ3) is 6.57. The topological polar surface area (TPSA) is 137 Å². The van der Waals surface area contributed by atoms with Gasteiger partial charge in [0.25, 0.3) is 0 Å². The van der Waals surface area contributed by atoms with Gasteiger partial charge in [0, 0.05) is 11.1 Å². The molecule has 0 saturated carbocycles. The maximum atomic E-state index is 11.5. The molecule has 0 aromatic heterocycles. The molecule has 1 aliphatic heterocycles. The average molecular weight is 408 g/mol. The van der Waals surface area contributed by atoms with Crippen LogP contribution in [0.1, 0.15) is 25.8 Å². The number of phenolic OH excluding ortho intramolecular Hbond substituents is 1.